The lowest BCUT2D eigenvalue weighted by molar-refractivity contribution is -0.167. The summed E-state index contributed by atoms with van der Waals surface area (Å²) in [5.74, 6) is -0.861. The van der Waals surface area contributed by atoms with E-state index < -0.39 is 6.10 Å². The fraction of sp³-hybridized carbons (Fsp3) is 0.847. The van der Waals surface area contributed by atoms with Crippen LogP contribution in [0.1, 0.15) is 303 Å². The first-order valence-electron chi connectivity index (χ1n) is 28.5. The molecule has 0 rings (SSSR count). The summed E-state index contributed by atoms with van der Waals surface area (Å²) >= 11 is 0. The lowest BCUT2D eigenvalue weighted by Gasteiger charge is -2.18. The van der Waals surface area contributed by atoms with Crippen LogP contribution in [0.25, 0.3) is 0 Å². The van der Waals surface area contributed by atoms with Gasteiger partial charge < -0.3 is 14.2 Å². The maximum atomic E-state index is 12.8. The minimum absolute atomic E-state index is 0.0682. The number of ether oxygens (including phenoxy) is 3. The van der Waals surface area contributed by atoms with E-state index in [1.807, 2.05) is 0 Å². The van der Waals surface area contributed by atoms with Crippen LogP contribution in [0.5, 0.6) is 0 Å². The zero-order valence-corrected chi connectivity index (χ0v) is 43.5. The van der Waals surface area contributed by atoms with E-state index in [4.69, 9.17) is 14.2 Å². The maximum absolute atomic E-state index is 12.8. The summed E-state index contributed by atoms with van der Waals surface area (Å²) in [5, 5.41) is 0. The molecule has 0 aromatic heterocycles. The predicted molar refractivity (Wildman–Crippen MR) is 279 cm³/mol. The van der Waals surface area contributed by atoms with Crippen LogP contribution < -0.4 is 0 Å². The molecule has 1 unspecified atom stereocenters. The Labute approximate surface area is 404 Å². The van der Waals surface area contributed by atoms with Crippen molar-refractivity contribution >= 4 is 17.9 Å². The van der Waals surface area contributed by atoms with Gasteiger partial charge in [-0.05, 0) is 57.8 Å². The van der Waals surface area contributed by atoms with Crippen molar-refractivity contribution in [3.05, 3.63) is 36.5 Å². The van der Waals surface area contributed by atoms with Crippen LogP contribution in [0, 0.1) is 0 Å². The third-order valence-electron chi connectivity index (χ3n) is 12.6. The fourth-order valence-electron chi connectivity index (χ4n) is 8.33. The summed E-state index contributed by atoms with van der Waals surface area (Å²) in [6, 6.07) is 0. The van der Waals surface area contributed by atoms with E-state index in [9.17, 15) is 14.4 Å². The molecule has 0 amide bonds. The lowest BCUT2D eigenvalue weighted by Crippen LogP contribution is -2.30. The highest BCUT2D eigenvalue weighted by Crippen LogP contribution is 2.16. The van der Waals surface area contributed by atoms with E-state index >= 15 is 0 Å². The number of unbranched alkanes of at least 4 members (excludes halogenated alkanes) is 35. The first-order valence-corrected chi connectivity index (χ1v) is 28.5. The van der Waals surface area contributed by atoms with Crippen LogP contribution in [0.3, 0.4) is 0 Å². The van der Waals surface area contributed by atoms with Crippen LogP contribution in [0.15, 0.2) is 36.5 Å². The smallest absolute Gasteiger partial charge is 0.306 e. The molecule has 0 aromatic rings. The summed E-state index contributed by atoms with van der Waals surface area (Å²) in [6.45, 7) is 6.62. The summed E-state index contributed by atoms with van der Waals surface area (Å²) in [7, 11) is 0. The standard InChI is InChI=1S/C59H108O6/c1-4-7-10-13-16-19-21-23-24-25-26-27-28-29-30-31-32-33-34-35-36-37-39-40-43-46-49-52-58(61)64-55-56(54-63-57(60)51-48-45-42-18-15-12-9-6-3)65-59(62)53-50-47-44-41-38-22-20-17-14-11-8-5-2/h21,23,25-26,28-29,56H,4-20,22,24,27,30-55H2,1-3H3/b23-21-,26-25-,29-28-. The summed E-state index contributed by atoms with van der Waals surface area (Å²) in [4.78, 5) is 37.9. The Morgan fingerprint density at radius 2 is 0.554 bits per heavy atom. The number of esters is 3. The van der Waals surface area contributed by atoms with Gasteiger partial charge in [0.15, 0.2) is 6.10 Å². The first-order chi connectivity index (χ1) is 32.0. The molecule has 0 saturated heterocycles. The molecule has 0 aromatic carbocycles. The second kappa shape index (κ2) is 54.2. The molecule has 0 saturated carbocycles. The molecule has 0 aliphatic rings. The van der Waals surface area contributed by atoms with E-state index in [0.717, 1.165) is 70.6 Å². The molecule has 380 valence electrons. The van der Waals surface area contributed by atoms with Gasteiger partial charge >= 0.3 is 17.9 Å². The Balaban J connectivity index is 4.09. The summed E-state index contributed by atoms with van der Waals surface area (Å²) in [6.07, 6.45) is 64.4. The number of carbonyl (C=O) groups is 3. The number of allylic oxidation sites excluding steroid dienone is 6. The van der Waals surface area contributed by atoms with Gasteiger partial charge in [0.2, 0.25) is 0 Å². The van der Waals surface area contributed by atoms with Crippen LogP contribution in [-0.4, -0.2) is 37.2 Å². The van der Waals surface area contributed by atoms with Gasteiger partial charge in [0.25, 0.3) is 0 Å². The van der Waals surface area contributed by atoms with Crippen molar-refractivity contribution in [1.82, 2.24) is 0 Å². The molecule has 0 aliphatic heterocycles. The number of carbonyl (C=O) groups excluding carboxylic acids is 3. The molecular weight excluding hydrogens is 805 g/mol. The van der Waals surface area contributed by atoms with Crippen LogP contribution >= 0.6 is 0 Å². The fourth-order valence-corrected chi connectivity index (χ4v) is 8.33. The Morgan fingerprint density at radius 1 is 0.308 bits per heavy atom. The molecular formula is C59H108O6. The van der Waals surface area contributed by atoms with Crippen LogP contribution in [-0.2, 0) is 28.6 Å². The molecule has 1 atom stereocenters. The SMILES string of the molecule is CCCCCCC/C=C\C/C=C\C/C=C\CCCCCCCCCCCCCCC(=O)OCC(COC(=O)CCCCCCCCCC)OC(=O)CCCCCCCCCCCCCC. The van der Waals surface area contributed by atoms with Crippen molar-refractivity contribution in [2.24, 2.45) is 0 Å². The van der Waals surface area contributed by atoms with Gasteiger partial charge in [-0.2, -0.15) is 0 Å². The molecule has 6 heteroatoms. The van der Waals surface area contributed by atoms with Gasteiger partial charge in [-0.1, -0.05) is 263 Å². The number of hydrogen-bond acceptors (Lipinski definition) is 6. The van der Waals surface area contributed by atoms with Crippen molar-refractivity contribution in [3.63, 3.8) is 0 Å². The minimum atomic E-state index is -0.765. The Bertz CT molecular complexity index is 1090. The number of rotatable bonds is 52. The highest BCUT2D eigenvalue weighted by Gasteiger charge is 2.19. The topological polar surface area (TPSA) is 78.9 Å². The van der Waals surface area contributed by atoms with E-state index in [1.54, 1.807) is 0 Å². The zero-order chi connectivity index (χ0) is 47.2. The van der Waals surface area contributed by atoms with Crippen molar-refractivity contribution in [2.75, 3.05) is 13.2 Å². The average molecular weight is 914 g/mol. The molecule has 0 heterocycles. The predicted octanol–water partition coefficient (Wildman–Crippen LogP) is 18.9. The maximum Gasteiger partial charge on any atom is 0.306 e. The van der Waals surface area contributed by atoms with E-state index in [1.165, 1.54) is 193 Å². The molecule has 65 heavy (non-hydrogen) atoms. The van der Waals surface area contributed by atoms with E-state index in [2.05, 4.69) is 57.2 Å². The second-order valence-electron chi connectivity index (χ2n) is 19.2. The third-order valence-corrected chi connectivity index (χ3v) is 12.6. The van der Waals surface area contributed by atoms with Crippen LogP contribution in [0.2, 0.25) is 0 Å². The average Bonchev–Trinajstić information content (AvgIpc) is 3.30. The summed E-state index contributed by atoms with van der Waals surface area (Å²) < 4.78 is 16.8. The second-order valence-corrected chi connectivity index (χ2v) is 19.2. The van der Waals surface area contributed by atoms with Crippen LogP contribution in [0.4, 0.5) is 0 Å². The minimum Gasteiger partial charge on any atom is -0.462 e. The largest absolute Gasteiger partial charge is 0.462 e. The van der Waals surface area contributed by atoms with Gasteiger partial charge in [0.1, 0.15) is 13.2 Å². The van der Waals surface area contributed by atoms with Gasteiger partial charge in [-0.25, -0.2) is 0 Å². The molecule has 6 nitrogen and oxygen atoms in total. The van der Waals surface area contributed by atoms with Crippen molar-refractivity contribution in [1.29, 1.82) is 0 Å². The quantitative estimate of drug-likeness (QED) is 0.0262. The zero-order valence-electron chi connectivity index (χ0n) is 43.5. The highest BCUT2D eigenvalue weighted by molar-refractivity contribution is 5.71. The van der Waals surface area contributed by atoms with Crippen molar-refractivity contribution in [3.8, 4) is 0 Å². The molecule has 0 fully saturated rings. The van der Waals surface area contributed by atoms with E-state index in [-0.39, 0.29) is 31.1 Å². The van der Waals surface area contributed by atoms with Gasteiger partial charge in [-0.15, -0.1) is 0 Å². The lowest BCUT2D eigenvalue weighted by atomic mass is 10.0. The number of hydrogen-bond donors (Lipinski definition) is 0. The molecule has 0 aliphatic carbocycles. The van der Waals surface area contributed by atoms with Gasteiger partial charge in [0, 0.05) is 19.3 Å². The molecule has 0 bridgehead atoms. The van der Waals surface area contributed by atoms with Crippen molar-refractivity contribution in [2.45, 2.75) is 309 Å². The van der Waals surface area contributed by atoms with E-state index in [0.29, 0.717) is 19.3 Å². The third kappa shape index (κ3) is 52.5. The Kier molecular flexibility index (Phi) is 52.3. The first kappa shape index (κ1) is 62.6. The van der Waals surface area contributed by atoms with Gasteiger partial charge in [0.05, 0.1) is 0 Å². The Morgan fingerprint density at radius 3 is 0.862 bits per heavy atom. The Hall–Kier alpha value is -2.37. The van der Waals surface area contributed by atoms with Gasteiger partial charge in [-0.3, -0.25) is 14.4 Å². The van der Waals surface area contributed by atoms with Crippen molar-refractivity contribution < 1.29 is 28.6 Å². The molecule has 0 N–H and O–H groups in total. The molecule has 0 spiro atoms. The normalized spacial score (nSPS) is 12.2. The monoisotopic (exact) mass is 913 g/mol. The highest BCUT2D eigenvalue weighted by atomic mass is 16.6. The summed E-state index contributed by atoms with van der Waals surface area (Å²) in [5.41, 5.74) is 0. The molecule has 0 radical (unpaired) electrons.